The molecule has 5 heteroatoms. The number of nitrogens with one attached hydrogen (secondary N) is 1. The lowest BCUT2D eigenvalue weighted by Crippen LogP contribution is -1.88. The van der Waals surface area contributed by atoms with E-state index in [1.165, 1.54) is 11.9 Å². The molecule has 0 saturated carbocycles. The maximum Gasteiger partial charge on any atom is 0.135 e. The van der Waals surface area contributed by atoms with Crippen LogP contribution in [0.1, 0.15) is 0 Å². The number of tetrazole rings is 1. The third-order valence-electron chi connectivity index (χ3n) is 2.32. The van der Waals surface area contributed by atoms with Gasteiger partial charge in [0.2, 0.25) is 0 Å². The fourth-order valence-corrected chi connectivity index (χ4v) is 1.51. The van der Waals surface area contributed by atoms with Crippen molar-refractivity contribution < 1.29 is 0 Å². The summed E-state index contributed by atoms with van der Waals surface area (Å²) in [6, 6.07) is 18.1. The van der Waals surface area contributed by atoms with E-state index in [0.29, 0.717) is 0 Å². The molecule has 0 saturated heterocycles. The molecule has 1 heterocycles. The van der Waals surface area contributed by atoms with Crippen molar-refractivity contribution in [2.45, 2.75) is 0 Å². The summed E-state index contributed by atoms with van der Waals surface area (Å²) >= 11 is 0. The molecule has 3 aromatic rings. The van der Waals surface area contributed by atoms with Gasteiger partial charge in [-0.3, -0.25) is 0 Å². The number of aromatic nitrogens is 4. The van der Waals surface area contributed by atoms with Gasteiger partial charge in [-0.2, -0.15) is 0 Å². The zero-order valence-electron chi connectivity index (χ0n) is 9.69. The van der Waals surface area contributed by atoms with Crippen molar-refractivity contribution >= 4 is 5.69 Å². The van der Waals surface area contributed by atoms with Gasteiger partial charge in [-0.25, -0.2) is 5.10 Å². The Bertz CT molecular complexity index is 546. The number of H-pyrrole nitrogens is 1. The highest BCUT2D eigenvalue weighted by atomic mass is 15.5. The molecule has 0 radical (unpaired) electrons. The molecule has 0 aliphatic carbocycles. The van der Waals surface area contributed by atoms with E-state index in [1.54, 1.807) is 0 Å². The van der Waals surface area contributed by atoms with Gasteiger partial charge in [-0.05, 0) is 22.1 Å². The average molecular weight is 239 g/mol. The Labute approximate surface area is 105 Å². The molecule has 1 aromatic heterocycles. The molecule has 0 aliphatic rings. The molecule has 0 fully saturated rings. The molecule has 90 valence electrons. The number of para-hydroxylation sites is 1. The maximum atomic E-state index is 5.85. The Balaban J connectivity index is 0.000000202. The Morgan fingerprint density at radius 2 is 1.61 bits per heavy atom. The molecular weight excluding hydrogens is 226 g/mol. The van der Waals surface area contributed by atoms with E-state index >= 15 is 0 Å². The first kappa shape index (κ1) is 11.8. The van der Waals surface area contributed by atoms with E-state index < -0.39 is 0 Å². The first-order valence-corrected chi connectivity index (χ1v) is 5.45. The molecule has 0 unspecified atom stereocenters. The number of aromatic amines is 1. The lowest BCUT2D eigenvalue weighted by Gasteiger charge is -2.03. The average Bonchev–Trinajstić information content (AvgIpc) is 2.99. The summed E-state index contributed by atoms with van der Waals surface area (Å²) in [5.41, 5.74) is 8.95. The number of hydrogen-bond donors (Lipinski definition) is 2. The minimum absolute atomic E-state index is 0.828. The van der Waals surface area contributed by atoms with Crippen LogP contribution in [0, 0.1) is 0 Å². The molecular formula is C13H13N5. The normalized spacial score (nSPS) is 9.33. The summed E-state index contributed by atoms with van der Waals surface area (Å²) in [5.74, 6) is 0. The standard InChI is InChI=1S/C12H11N.CH2N4/c13-12-9-5-4-8-11(12)10-6-2-1-3-7-10;1-2-4-5-3-1/h1-9H,13H2;1H,(H,2,3,4,5). The topological polar surface area (TPSA) is 80.5 Å². The summed E-state index contributed by atoms with van der Waals surface area (Å²) in [5, 5.41) is 12.1. The number of hydrogen-bond acceptors (Lipinski definition) is 4. The van der Waals surface area contributed by atoms with E-state index in [-0.39, 0.29) is 0 Å². The van der Waals surface area contributed by atoms with E-state index in [9.17, 15) is 0 Å². The zero-order valence-corrected chi connectivity index (χ0v) is 9.69. The molecule has 0 amide bonds. The highest BCUT2D eigenvalue weighted by molar-refractivity contribution is 5.75. The molecule has 0 bridgehead atoms. The summed E-state index contributed by atoms with van der Waals surface area (Å²) in [7, 11) is 0. The van der Waals surface area contributed by atoms with Gasteiger partial charge in [0, 0.05) is 11.3 Å². The van der Waals surface area contributed by atoms with Gasteiger partial charge in [0.15, 0.2) is 0 Å². The van der Waals surface area contributed by atoms with Crippen molar-refractivity contribution in [1.82, 2.24) is 20.6 Å². The number of nitrogens with two attached hydrogens (primary N) is 1. The molecule has 3 N–H and O–H groups in total. The van der Waals surface area contributed by atoms with E-state index in [1.807, 2.05) is 42.5 Å². The minimum Gasteiger partial charge on any atom is -0.398 e. The molecule has 3 rings (SSSR count). The number of rotatable bonds is 1. The predicted octanol–water partition coefficient (Wildman–Crippen LogP) is 2.14. The number of nitrogen functional groups attached to an aromatic ring is 1. The Kier molecular flexibility index (Phi) is 4.02. The monoisotopic (exact) mass is 239 g/mol. The summed E-state index contributed by atoms with van der Waals surface area (Å²) in [4.78, 5) is 0. The fourth-order valence-electron chi connectivity index (χ4n) is 1.51. The number of anilines is 1. The second kappa shape index (κ2) is 6.15. The van der Waals surface area contributed by atoms with E-state index in [2.05, 4.69) is 32.8 Å². The van der Waals surface area contributed by atoms with Gasteiger partial charge in [0.05, 0.1) is 0 Å². The van der Waals surface area contributed by atoms with Gasteiger partial charge in [0.1, 0.15) is 6.33 Å². The van der Waals surface area contributed by atoms with Crippen molar-refractivity contribution in [3.63, 3.8) is 0 Å². The predicted molar refractivity (Wildman–Crippen MR) is 70.5 cm³/mol. The number of benzene rings is 2. The quantitative estimate of drug-likeness (QED) is 0.637. The van der Waals surface area contributed by atoms with Crippen LogP contribution in [0.3, 0.4) is 0 Å². The zero-order chi connectivity index (χ0) is 12.6. The van der Waals surface area contributed by atoms with Crippen LogP contribution in [-0.4, -0.2) is 20.6 Å². The summed E-state index contributed by atoms with van der Waals surface area (Å²) in [6.45, 7) is 0. The molecule has 0 aliphatic heterocycles. The molecule has 0 atom stereocenters. The van der Waals surface area contributed by atoms with Gasteiger partial charge in [-0.15, -0.1) is 5.10 Å². The van der Waals surface area contributed by atoms with Crippen LogP contribution in [0.15, 0.2) is 60.9 Å². The lowest BCUT2D eigenvalue weighted by atomic mass is 10.0. The van der Waals surface area contributed by atoms with Crippen LogP contribution >= 0.6 is 0 Å². The minimum atomic E-state index is 0.828. The van der Waals surface area contributed by atoms with E-state index in [4.69, 9.17) is 5.73 Å². The maximum absolute atomic E-state index is 5.85. The van der Waals surface area contributed by atoms with Gasteiger partial charge in [-0.1, -0.05) is 48.5 Å². The van der Waals surface area contributed by atoms with Crippen LogP contribution < -0.4 is 5.73 Å². The molecule has 5 nitrogen and oxygen atoms in total. The molecule has 2 aromatic carbocycles. The summed E-state index contributed by atoms with van der Waals surface area (Å²) in [6.07, 6.45) is 1.40. The van der Waals surface area contributed by atoms with Gasteiger partial charge < -0.3 is 5.73 Å². The van der Waals surface area contributed by atoms with Crippen LogP contribution in [-0.2, 0) is 0 Å². The third-order valence-corrected chi connectivity index (χ3v) is 2.32. The van der Waals surface area contributed by atoms with Crippen molar-refractivity contribution in [3.05, 3.63) is 60.9 Å². The van der Waals surface area contributed by atoms with Crippen molar-refractivity contribution in [2.75, 3.05) is 5.73 Å². The Morgan fingerprint density at radius 3 is 2.17 bits per heavy atom. The van der Waals surface area contributed by atoms with Gasteiger partial charge in [0.25, 0.3) is 0 Å². The number of nitrogens with zero attached hydrogens (tertiary/aromatic N) is 3. The highest BCUT2D eigenvalue weighted by Crippen LogP contribution is 2.24. The second-order valence-corrected chi connectivity index (χ2v) is 3.52. The summed E-state index contributed by atoms with van der Waals surface area (Å²) < 4.78 is 0. The largest absolute Gasteiger partial charge is 0.398 e. The first-order valence-electron chi connectivity index (χ1n) is 5.45. The highest BCUT2D eigenvalue weighted by Gasteiger charge is 1.98. The lowest BCUT2D eigenvalue weighted by molar-refractivity contribution is 0.881. The van der Waals surface area contributed by atoms with Crippen molar-refractivity contribution in [1.29, 1.82) is 0 Å². The first-order chi connectivity index (χ1) is 8.88. The smallest absolute Gasteiger partial charge is 0.135 e. The fraction of sp³-hybridized carbons (Fsp3) is 0. The third kappa shape index (κ3) is 3.15. The van der Waals surface area contributed by atoms with Crippen LogP contribution in [0.4, 0.5) is 5.69 Å². The van der Waals surface area contributed by atoms with Crippen LogP contribution in [0.5, 0.6) is 0 Å². The van der Waals surface area contributed by atoms with Gasteiger partial charge >= 0.3 is 0 Å². The van der Waals surface area contributed by atoms with Crippen molar-refractivity contribution in [3.8, 4) is 11.1 Å². The van der Waals surface area contributed by atoms with Crippen LogP contribution in [0.25, 0.3) is 11.1 Å². The molecule has 0 spiro atoms. The van der Waals surface area contributed by atoms with Crippen molar-refractivity contribution in [2.24, 2.45) is 0 Å². The van der Waals surface area contributed by atoms with E-state index in [0.717, 1.165) is 11.3 Å². The SMILES string of the molecule is Nc1ccccc1-c1ccccc1.c1nnn[nH]1. The Hall–Kier alpha value is -2.69. The second-order valence-electron chi connectivity index (χ2n) is 3.52. The Morgan fingerprint density at radius 1 is 0.889 bits per heavy atom. The molecule has 18 heavy (non-hydrogen) atoms. The van der Waals surface area contributed by atoms with Crippen LogP contribution in [0.2, 0.25) is 0 Å².